The lowest BCUT2D eigenvalue weighted by atomic mass is 10.1. The Morgan fingerprint density at radius 3 is 2.38 bits per heavy atom. The van der Waals surface area contributed by atoms with Crippen LogP contribution in [0, 0.1) is 13.8 Å². The van der Waals surface area contributed by atoms with Gasteiger partial charge in [-0.3, -0.25) is 0 Å². The van der Waals surface area contributed by atoms with Gasteiger partial charge < -0.3 is 0 Å². The predicted molar refractivity (Wildman–Crippen MR) is 86.0 cm³/mol. The molecule has 3 nitrogen and oxygen atoms in total. The van der Waals surface area contributed by atoms with E-state index in [4.69, 9.17) is 11.6 Å². The minimum absolute atomic E-state index is 0.210. The van der Waals surface area contributed by atoms with E-state index in [-0.39, 0.29) is 4.90 Å². The molecule has 0 aliphatic heterocycles. The average Bonchev–Trinajstić information content (AvgIpc) is 2.43. The molecule has 0 radical (unpaired) electrons. The summed E-state index contributed by atoms with van der Waals surface area (Å²) in [6, 6.07) is 12.3. The second-order valence-corrected chi connectivity index (χ2v) is 7.62. The van der Waals surface area contributed by atoms with Crippen LogP contribution >= 0.6 is 11.6 Å². The number of hydrogen-bond acceptors (Lipinski definition) is 2. The van der Waals surface area contributed by atoms with Crippen LogP contribution in [-0.4, -0.2) is 19.8 Å². The second-order valence-electron chi connectivity index (χ2n) is 5.14. The van der Waals surface area contributed by atoms with Crippen LogP contribution in [0.5, 0.6) is 0 Å². The van der Waals surface area contributed by atoms with Crippen molar-refractivity contribution in [3.8, 4) is 0 Å². The maximum atomic E-state index is 12.5. The summed E-state index contributed by atoms with van der Waals surface area (Å²) in [7, 11) is -1.96. The van der Waals surface area contributed by atoms with Crippen molar-refractivity contribution in [1.82, 2.24) is 4.31 Å². The monoisotopic (exact) mass is 323 g/mol. The highest BCUT2D eigenvalue weighted by Crippen LogP contribution is 2.20. The fourth-order valence-corrected chi connectivity index (χ4v) is 3.51. The van der Waals surface area contributed by atoms with Crippen molar-refractivity contribution >= 4 is 21.6 Å². The number of rotatable bonds is 4. The summed E-state index contributed by atoms with van der Waals surface area (Å²) in [5.41, 5.74) is 3.31. The molecule has 0 aliphatic rings. The van der Waals surface area contributed by atoms with E-state index in [0.717, 1.165) is 11.1 Å². The van der Waals surface area contributed by atoms with Crippen LogP contribution < -0.4 is 0 Å². The van der Waals surface area contributed by atoms with Gasteiger partial charge in [0.25, 0.3) is 0 Å². The highest BCUT2D eigenvalue weighted by atomic mass is 35.5. The van der Waals surface area contributed by atoms with Crippen LogP contribution in [0.2, 0.25) is 5.02 Å². The second kappa shape index (κ2) is 6.18. The first-order valence-electron chi connectivity index (χ1n) is 6.59. The third kappa shape index (κ3) is 3.64. The molecule has 0 fully saturated rings. The zero-order valence-corrected chi connectivity index (χ0v) is 13.9. The van der Waals surface area contributed by atoms with Gasteiger partial charge in [-0.2, -0.15) is 4.31 Å². The molecular formula is C16H18ClNO2S. The van der Waals surface area contributed by atoms with E-state index in [9.17, 15) is 8.42 Å². The van der Waals surface area contributed by atoms with Gasteiger partial charge in [-0.25, -0.2) is 8.42 Å². The molecule has 0 N–H and O–H groups in total. The van der Waals surface area contributed by atoms with Crippen molar-refractivity contribution in [2.24, 2.45) is 0 Å². The Morgan fingerprint density at radius 1 is 1.05 bits per heavy atom. The summed E-state index contributed by atoms with van der Waals surface area (Å²) in [4.78, 5) is 0.210. The quantitative estimate of drug-likeness (QED) is 0.858. The first-order valence-corrected chi connectivity index (χ1v) is 8.40. The summed E-state index contributed by atoms with van der Waals surface area (Å²) in [6.07, 6.45) is 0. The van der Waals surface area contributed by atoms with Gasteiger partial charge in [0.1, 0.15) is 0 Å². The topological polar surface area (TPSA) is 37.4 Å². The van der Waals surface area contributed by atoms with Crippen LogP contribution in [0.4, 0.5) is 0 Å². The van der Waals surface area contributed by atoms with Crippen LogP contribution in [0.3, 0.4) is 0 Å². The maximum absolute atomic E-state index is 12.5. The molecule has 0 aliphatic carbocycles. The van der Waals surface area contributed by atoms with E-state index in [1.807, 2.05) is 32.0 Å². The first kappa shape index (κ1) is 16.0. The number of benzene rings is 2. The van der Waals surface area contributed by atoms with E-state index < -0.39 is 10.0 Å². The zero-order valence-electron chi connectivity index (χ0n) is 12.3. The normalized spacial score (nSPS) is 11.9. The van der Waals surface area contributed by atoms with Gasteiger partial charge in [0.05, 0.1) is 4.90 Å². The molecule has 0 spiro atoms. The zero-order chi connectivity index (χ0) is 15.6. The minimum Gasteiger partial charge on any atom is -0.207 e. The average molecular weight is 324 g/mol. The molecule has 0 amide bonds. The number of aryl methyl sites for hydroxylation is 2. The van der Waals surface area contributed by atoms with Gasteiger partial charge in [0.2, 0.25) is 10.0 Å². The highest BCUT2D eigenvalue weighted by molar-refractivity contribution is 7.89. The van der Waals surface area contributed by atoms with Crippen molar-refractivity contribution in [2.45, 2.75) is 25.3 Å². The van der Waals surface area contributed by atoms with Crippen LogP contribution in [-0.2, 0) is 16.6 Å². The molecule has 0 saturated heterocycles. The van der Waals surface area contributed by atoms with Crippen molar-refractivity contribution in [1.29, 1.82) is 0 Å². The molecule has 112 valence electrons. The lowest BCUT2D eigenvalue weighted by Crippen LogP contribution is -2.26. The molecule has 2 rings (SSSR count). The highest BCUT2D eigenvalue weighted by Gasteiger charge is 2.21. The van der Waals surface area contributed by atoms with Gasteiger partial charge in [0.15, 0.2) is 0 Å². The molecule has 21 heavy (non-hydrogen) atoms. The Kier molecular flexibility index (Phi) is 4.71. The molecular weight excluding hydrogens is 306 g/mol. The molecule has 0 atom stereocenters. The maximum Gasteiger partial charge on any atom is 0.243 e. The Hall–Kier alpha value is -1.36. The Morgan fingerprint density at radius 2 is 1.76 bits per heavy atom. The van der Waals surface area contributed by atoms with Crippen molar-refractivity contribution in [3.63, 3.8) is 0 Å². The molecule has 2 aromatic rings. The Balaban J connectivity index is 2.26. The molecule has 0 heterocycles. The first-order chi connectivity index (χ1) is 9.80. The summed E-state index contributed by atoms with van der Waals surface area (Å²) in [5.74, 6) is 0. The molecule has 0 aromatic heterocycles. The van der Waals surface area contributed by atoms with E-state index >= 15 is 0 Å². The van der Waals surface area contributed by atoms with Crippen molar-refractivity contribution in [2.75, 3.05) is 7.05 Å². The lowest BCUT2D eigenvalue weighted by molar-refractivity contribution is 0.466. The fraction of sp³-hybridized carbons (Fsp3) is 0.250. The molecule has 2 aromatic carbocycles. The van der Waals surface area contributed by atoms with Gasteiger partial charge >= 0.3 is 0 Å². The summed E-state index contributed by atoms with van der Waals surface area (Å²) >= 11 is 5.87. The summed E-state index contributed by atoms with van der Waals surface area (Å²) in [6.45, 7) is 4.38. The molecule has 0 bridgehead atoms. The Bertz CT molecular complexity index is 757. The van der Waals surface area contributed by atoms with Gasteiger partial charge in [-0.1, -0.05) is 35.9 Å². The van der Waals surface area contributed by atoms with E-state index in [2.05, 4.69) is 0 Å². The van der Waals surface area contributed by atoms with Crippen molar-refractivity contribution in [3.05, 3.63) is 64.2 Å². The molecule has 0 unspecified atom stereocenters. The van der Waals surface area contributed by atoms with E-state index in [0.29, 0.717) is 11.6 Å². The number of sulfonamides is 1. The van der Waals surface area contributed by atoms with Gasteiger partial charge in [-0.15, -0.1) is 0 Å². The molecule has 5 heteroatoms. The Labute approximate surface area is 131 Å². The lowest BCUT2D eigenvalue weighted by Gasteiger charge is -2.18. The number of hydrogen-bond donors (Lipinski definition) is 0. The number of nitrogens with zero attached hydrogens (tertiary/aromatic N) is 1. The van der Waals surface area contributed by atoms with Crippen LogP contribution in [0.1, 0.15) is 16.7 Å². The standard InChI is InChI=1S/C16H18ClNO2S/c1-12-7-8-14(9-13(12)2)11-18(3)21(19,20)16-6-4-5-15(17)10-16/h4-10H,11H2,1-3H3. The third-order valence-electron chi connectivity index (χ3n) is 3.48. The summed E-state index contributed by atoms with van der Waals surface area (Å²) in [5, 5.41) is 0.413. The predicted octanol–water partition coefficient (Wildman–Crippen LogP) is 3.78. The third-order valence-corrected chi connectivity index (χ3v) is 5.52. The smallest absolute Gasteiger partial charge is 0.207 e. The van der Waals surface area contributed by atoms with Crippen molar-refractivity contribution < 1.29 is 8.42 Å². The van der Waals surface area contributed by atoms with Crippen LogP contribution in [0.25, 0.3) is 0 Å². The van der Waals surface area contributed by atoms with Gasteiger partial charge in [0, 0.05) is 18.6 Å². The van der Waals surface area contributed by atoms with E-state index in [1.54, 1.807) is 25.2 Å². The SMILES string of the molecule is Cc1ccc(CN(C)S(=O)(=O)c2cccc(Cl)c2)cc1C. The fourth-order valence-electron chi connectivity index (χ4n) is 2.05. The minimum atomic E-state index is -3.53. The molecule has 0 saturated carbocycles. The largest absolute Gasteiger partial charge is 0.243 e. The van der Waals surface area contributed by atoms with Gasteiger partial charge in [-0.05, 0) is 48.7 Å². The van der Waals surface area contributed by atoms with Crippen LogP contribution in [0.15, 0.2) is 47.4 Å². The summed E-state index contributed by atoms with van der Waals surface area (Å²) < 4.78 is 26.4. The number of halogens is 1. The van der Waals surface area contributed by atoms with E-state index in [1.165, 1.54) is 15.9 Å².